The van der Waals surface area contributed by atoms with Crippen molar-refractivity contribution < 1.29 is 34.2 Å². The molecule has 0 saturated heterocycles. The highest BCUT2D eigenvalue weighted by molar-refractivity contribution is 7.80. The predicted molar refractivity (Wildman–Crippen MR) is 119 cm³/mol. The molecule has 0 aliphatic carbocycles. The van der Waals surface area contributed by atoms with E-state index in [0.717, 1.165) is 0 Å². The number of carbonyl (C=O) groups is 5. The Morgan fingerprint density at radius 2 is 1.61 bits per heavy atom. The zero-order valence-corrected chi connectivity index (χ0v) is 19.2. The third-order valence-corrected chi connectivity index (χ3v) is 5.08. The lowest BCUT2D eigenvalue weighted by molar-refractivity contribution is -0.141. The van der Waals surface area contributed by atoms with Crippen LogP contribution in [0.15, 0.2) is 12.5 Å². The Morgan fingerprint density at radius 3 is 2.09 bits per heavy atom. The number of imidazole rings is 1. The maximum Gasteiger partial charge on any atom is 0.327 e. The maximum absolute atomic E-state index is 12.9. The van der Waals surface area contributed by atoms with Crippen LogP contribution in [0.4, 0.5) is 0 Å². The molecule has 0 aliphatic rings. The summed E-state index contributed by atoms with van der Waals surface area (Å²) in [7, 11) is 0. The van der Waals surface area contributed by atoms with Crippen LogP contribution >= 0.6 is 12.6 Å². The number of aliphatic carboxylic acids is 2. The molecule has 1 heterocycles. The number of carboxylic acids is 2. The number of hydrogen-bond acceptors (Lipinski definition) is 8. The highest BCUT2D eigenvalue weighted by Gasteiger charge is 2.31. The number of nitrogens with two attached hydrogens (primary N) is 1. The van der Waals surface area contributed by atoms with Gasteiger partial charge in [-0.15, -0.1) is 0 Å². The van der Waals surface area contributed by atoms with Gasteiger partial charge < -0.3 is 36.9 Å². The summed E-state index contributed by atoms with van der Waals surface area (Å²) < 4.78 is 0. The number of rotatable bonds is 14. The van der Waals surface area contributed by atoms with Gasteiger partial charge in [0.2, 0.25) is 17.7 Å². The summed E-state index contributed by atoms with van der Waals surface area (Å²) in [5, 5.41) is 25.3. The first kappa shape index (κ1) is 27.9. The lowest BCUT2D eigenvalue weighted by Gasteiger charge is -2.25. The number of aromatic amines is 1. The van der Waals surface area contributed by atoms with Crippen LogP contribution in [0.1, 0.15) is 32.4 Å². The molecule has 14 heteroatoms. The molecule has 0 bridgehead atoms. The molecule has 0 radical (unpaired) electrons. The summed E-state index contributed by atoms with van der Waals surface area (Å²) in [6, 6.07) is -4.76. The van der Waals surface area contributed by atoms with Gasteiger partial charge in [0.15, 0.2) is 0 Å². The van der Waals surface area contributed by atoms with Crippen molar-refractivity contribution in [2.24, 2.45) is 11.7 Å². The van der Waals surface area contributed by atoms with Crippen molar-refractivity contribution in [2.45, 2.75) is 57.3 Å². The second-order valence-corrected chi connectivity index (χ2v) is 8.05. The number of nitrogens with one attached hydrogen (secondary N) is 4. The lowest BCUT2D eigenvalue weighted by atomic mass is 10.0. The molecule has 1 aromatic heterocycles. The minimum Gasteiger partial charge on any atom is -0.481 e. The predicted octanol–water partition coefficient (Wildman–Crippen LogP) is -1.73. The summed E-state index contributed by atoms with van der Waals surface area (Å²) in [5.74, 6) is -5.18. The summed E-state index contributed by atoms with van der Waals surface area (Å²) in [5.41, 5.74) is 6.28. The molecule has 0 fully saturated rings. The van der Waals surface area contributed by atoms with Gasteiger partial charge in [0.05, 0.1) is 12.4 Å². The number of amides is 3. The molecule has 4 atom stereocenters. The fourth-order valence-corrected chi connectivity index (χ4v) is 2.91. The molecule has 0 spiro atoms. The highest BCUT2D eigenvalue weighted by atomic mass is 32.1. The molecule has 0 aromatic carbocycles. The summed E-state index contributed by atoms with van der Waals surface area (Å²) >= 11 is 3.90. The Labute approximate surface area is 195 Å². The van der Waals surface area contributed by atoms with Crippen LogP contribution in [-0.2, 0) is 30.4 Å². The second-order valence-electron chi connectivity index (χ2n) is 7.69. The van der Waals surface area contributed by atoms with Crippen LogP contribution in [0.5, 0.6) is 0 Å². The molecular weight excluding hydrogens is 456 g/mol. The van der Waals surface area contributed by atoms with E-state index in [-0.39, 0.29) is 24.5 Å². The smallest absolute Gasteiger partial charge is 0.327 e. The summed E-state index contributed by atoms with van der Waals surface area (Å²) in [6.45, 7) is 3.42. The third-order valence-electron chi connectivity index (χ3n) is 4.71. The van der Waals surface area contributed by atoms with Gasteiger partial charge in [-0.2, -0.15) is 12.6 Å². The fourth-order valence-electron chi connectivity index (χ4n) is 2.66. The van der Waals surface area contributed by atoms with Gasteiger partial charge in [0, 0.05) is 30.5 Å². The van der Waals surface area contributed by atoms with E-state index in [1.807, 2.05) is 0 Å². The van der Waals surface area contributed by atoms with Gasteiger partial charge in [-0.05, 0) is 12.3 Å². The van der Waals surface area contributed by atoms with E-state index < -0.39 is 60.2 Å². The van der Waals surface area contributed by atoms with Crippen molar-refractivity contribution in [3.63, 3.8) is 0 Å². The van der Waals surface area contributed by atoms with Crippen molar-refractivity contribution in [3.05, 3.63) is 18.2 Å². The van der Waals surface area contributed by atoms with E-state index in [4.69, 9.17) is 15.9 Å². The molecule has 1 aromatic rings. The van der Waals surface area contributed by atoms with Gasteiger partial charge in [0.25, 0.3) is 0 Å². The number of thiol groups is 1. The van der Waals surface area contributed by atoms with Gasteiger partial charge >= 0.3 is 11.9 Å². The quantitative estimate of drug-likeness (QED) is 0.140. The minimum absolute atomic E-state index is 0.0679. The monoisotopic (exact) mass is 486 g/mol. The van der Waals surface area contributed by atoms with Crippen LogP contribution in [0.2, 0.25) is 0 Å². The average molecular weight is 487 g/mol. The van der Waals surface area contributed by atoms with Crippen molar-refractivity contribution in [2.75, 3.05) is 5.75 Å². The molecule has 4 unspecified atom stereocenters. The van der Waals surface area contributed by atoms with Gasteiger partial charge in [-0.3, -0.25) is 19.2 Å². The first-order valence-electron chi connectivity index (χ1n) is 10.2. The number of carbonyl (C=O) groups excluding carboxylic acids is 3. The average Bonchev–Trinajstić information content (AvgIpc) is 3.25. The molecule has 33 heavy (non-hydrogen) atoms. The minimum atomic E-state index is -1.31. The summed E-state index contributed by atoms with van der Waals surface area (Å²) in [4.78, 5) is 66.9. The Balaban J connectivity index is 3.05. The van der Waals surface area contributed by atoms with Gasteiger partial charge in [-0.1, -0.05) is 13.8 Å². The normalized spacial score (nSPS) is 14.6. The summed E-state index contributed by atoms with van der Waals surface area (Å²) in [6.07, 6.45) is 2.05. The van der Waals surface area contributed by atoms with E-state index in [9.17, 15) is 24.0 Å². The molecule has 1 rings (SSSR count). The van der Waals surface area contributed by atoms with E-state index in [2.05, 4.69) is 38.5 Å². The molecule has 0 aliphatic heterocycles. The second kappa shape index (κ2) is 13.4. The Kier molecular flexibility index (Phi) is 11.4. The van der Waals surface area contributed by atoms with Crippen molar-refractivity contribution in [1.82, 2.24) is 25.9 Å². The van der Waals surface area contributed by atoms with Crippen LogP contribution in [-0.4, -0.2) is 79.8 Å². The van der Waals surface area contributed by atoms with Gasteiger partial charge in [-0.25, -0.2) is 9.78 Å². The SMILES string of the molecule is CC(C)C(N)C(=O)NC(CCC(=O)O)C(=O)NC(Cc1cnc[nH]1)C(=O)NC(CS)C(=O)O. The van der Waals surface area contributed by atoms with Crippen LogP contribution in [0.3, 0.4) is 0 Å². The van der Waals surface area contributed by atoms with Crippen molar-refractivity contribution >= 4 is 42.3 Å². The zero-order valence-electron chi connectivity index (χ0n) is 18.3. The van der Waals surface area contributed by atoms with Crippen LogP contribution in [0.25, 0.3) is 0 Å². The van der Waals surface area contributed by atoms with Crippen molar-refractivity contribution in [3.8, 4) is 0 Å². The topological polar surface area (TPSA) is 217 Å². The molecule has 3 amide bonds. The molecule has 8 N–H and O–H groups in total. The fraction of sp³-hybridized carbons (Fsp3) is 0.579. The third kappa shape index (κ3) is 9.49. The molecule has 13 nitrogen and oxygen atoms in total. The Bertz CT molecular complexity index is 833. The lowest BCUT2D eigenvalue weighted by Crippen LogP contribution is -2.58. The van der Waals surface area contributed by atoms with Gasteiger partial charge in [0.1, 0.15) is 18.1 Å². The van der Waals surface area contributed by atoms with Crippen LogP contribution < -0.4 is 21.7 Å². The number of aromatic nitrogens is 2. The maximum atomic E-state index is 12.9. The van der Waals surface area contributed by atoms with Crippen molar-refractivity contribution in [1.29, 1.82) is 0 Å². The van der Waals surface area contributed by atoms with Crippen LogP contribution in [0, 0.1) is 5.92 Å². The molecule has 0 saturated carbocycles. The number of nitrogens with zero attached hydrogens (tertiary/aromatic N) is 1. The Hall–Kier alpha value is -3.13. The van der Waals surface area contributed by atoms with E-state index in [1.165, 1.54) is 12.5 Å². The highest BCUT2D eigenvalue weighted by Crippen LogP contribution is 2.06. The largest absolute Gasteiger partial charge is 0.481 e. The van der Waals surface area contributed by atoms with E-state index >= 15 is 0 Å². The van der Waals surface area contributed by atoms with E-state index in [0.29, 0.717) is 5.69 Å². The Morgan fingerprint density at radius 1 is 1.03 bits per heavy atom. The standard InChI is InChI=1S/C19H30N6O7S/c1-9(2)15(20)18(30)23-11(3-4-14(26)27)16(28)24-12(5-10-6-21-8-22-10)17(29)25-13(7-33)19(31)32/h6,8-9,11-13,15,33H,3-5,7,20H2,1-2H3,(H,21,22)(H,23,30)(H,24,28)(H,25,29)(H,26,27)(H,31,32). The molecular formula is C19H30N6O7S. The number of H-pyrrole nitrogens is 1. The molecule has 184 valence electrons. The first-order chi connectivity index (χ1) is 15.5. The zero-order chi connectivity index (χ0) is 25.1. The number of carboxylic acid groups (broad SMARTS) is 2. The first-order valence-corrected chi connectivity index (χ1v) is 10.8. The number of hydrogen-bond donors (Lipinski definition) is 8. The van der Waals surface area contributed by atoms with E-state index in [1.54, 1.807) is 13.8 Å².